The molecule has 4 amide bonds. The van der Waals surface area contributed by atoms with Crippen LogP contribution in [0.25, 0.3) is 0 Å². The topological polar surface area (TPSA) is 213 Å². The number of rotatable bonds is 2. The van der Waals surface area contributed by atoms with Gasteiger partial charge >= 0.3 is 11.9 Å². The number of aromatic nitrogens is 2. The Bertz CT molecular complexity index is 1490. The molecule has 14 nitrogen and oxygen atoms in total. The Kier molecular flexibility index (Phi) is 12.1. The van der Waals surface area contributed by atoms with Gasteiger partial charge in [0.15, 0.2) is 0 Å². The number of amides is 4. The quantitative estimate of drug-likeness (QED) is 0.110. The van der Waals surface area contributed by atoms with Crippen molar-refractivity contribution < 1.29 is 43.7 Å². The van der Waals surface area contributed by atoms with Gasteiger partial charge < -0.3 is 25.7 Å². The predicted molar refractivity (Wildman–Crippen MR) is 158 cm³/mol. The Morgan fingerprint density at radius 3 is 1.29 bits per heavy atom. The predicted octanol–water partition coefficient (Wildman–Crippen LogP) is 1.84. The summed E-state index contributed by atoms with van der Waals surface area (Å²) in [5.74, 6) is -2.31. The van der Waals surface area contributed by atoms with Crippen LogP contribution < -0.4 is 5.73 Å². The highest BCUT2D eigenvalue weighted by Gasteiger charge is 2.35. The van der Waals surface area contributed by atoms with Crippen molar-refractivity contribution in [1.82, 2.24) is 19.8 Å². The van der Waals surface area contributed by atoms with Gasteiger partial charge in [-0.1, -0.05) is 36.4 Å². The first-order valence-electron chi connectivity index (χ1n) is 13.3. The molecule has 1 aromatic heterocycles. The minimum Gasteiger partial charge on any atom is -0.386 e. The summed E-state index contributed by atoms with van der Waals surface area (Å²) >= 11 is 0. The van der Waals surface area contributed by atoms with E-state index in [1.165, 1.54) is 4.90 Å². The van der Waals surface area contributed by atoms with Crippen LogP contribution in [0.2, 0.25) is 0 Å². The number of fused-ring (bicyclic) bond motifs is 3. The molecule has 3 aliphatic heterocycles. The summed E-state index contributed by atoms with van der Waals surface area (Å²) in [7, 11) is 0. The van der Waals surface area contributed by atoms with Gasteiger partial charge in [-0.2, -0.15) is 0 Å². The number of aliphatic hydroxyl groups is 2. The zero-order valence-corrected chi connectivity index (χ0v) is 24.0. The summed E-state index contributed by atoms with van der Waals surface area (Å²) in [4.78, 5) is 76.0. The number of nitrogens with one attached hydrogen (secondary N) is 1. The van der Waals surface area contributed by atoms with Crippen LogP contribution in [0.3, 0.4) is 0 Å². The summed E-state index contributed by atoms with van der Waals surface area (Å²) in [6.07, 6.45) is 5.08. The average molecular weight is 616 g/mol. The lowest BCUT2D eigenvalue weighted by Crippen LogP contribution is -2.30. The van der Waals surface area contributed by atoms with Crippen LogP contribution in [0.5, 0.6) is 0 Å². The van der Waals surface area contributed by atoms with Crippen molar-refractivity contribution in [2.24, 2.45) is 5.73 Å². The van der Waals surface area contributed by atoms with Crippen LogP contribution in [0.15, 0.2) is 91.5 Å². The van der Waals surface area contributed by atoms with Gasteiger partial charge in [-0.15, -0.1) is 0 Å². The standard InChI is InChI=1S/C10H9NO2.C9H7NO3.C8H4O3.C3H4N2.CH5NO/c1-2-11-9(12)7-5-3-4-6-8(7)10(11)13;11-5-10-8(12)6-3-1-2-4-7(6)9(10)13;9-7-5-3-1-2-4-6(5)8(10)11-7;1-2-5-3-4-1;2-1-3/h3-6H,2H2,1H3;1-4,11H,5H2;1-4H;1-3H,(H,4,5);3H,1-2H2. The Balaban J connectivity index is 0.000000165. The highest BCUT2D eigenvalue weighted by Crippen LogP contribution is 2.22. The van der Waals surface area contributed by atoms with Gasteiger partial charge in [0.05, 0.1) is 46.4 Å². The van der Waals surface area contributed by atoms with Crippen LogP contribution in [0.4, 0.5) is 0 Å². The largest absolute Gasteiger partial charge is 0.386 e. The van der Waals surface area contributed by atoms with E-state index in [2.05, 4.69) is 20.4 Å². The molecule has 3 aromatic carbocycles. The van der Waals surface area contributed by atoms with Gasteiger partial charge in [0.2, 0.25) is 0 Å². The fourth-order valence-corrected chi connectivity index (χ4v) is 4.14. The summed E-state index contributed by atoms with van der Waals surface area (Å²) in [5, 5.41) is 16.1. The lowest BCUT2D eigenvalue weighted by Gasteiger charge is -2.08. The van der Waals surface area contributed by atoms with Crippen molar-refractivity contribution in [3.63, 3.8) is 0 Å². The molecule has 0 spiro atoms. The number of H-pyrrole nitrogens is 1. The van der Waals surface area contributed by atoms with E-state index in [-0.39, 0.29) is 18.5 Å². The monoisotopic (exact) mass is 615 g/mol. The molecule has 0 fully saturated rings. The van der Waals surface area contributed by atoms with E-state index in [0.717, 1.165) is 4.90 Å². The minimum absolute atomic E-state index is 0.178. The van der Waals surface area contributed by atoms with E-state index in [1.54, 1.807) is 98.4 Å². The molecule has 4 aromatic rings. The number of carbonyl (C=O) groups excluding carboxylic acids is 6. The molecule has 5 N–H and O–H groups in total. The van der Waals surface area contributed by atoms with E-state index in [1.807, 2.05) is 0 Å². The molecule has 7 rings (SSSR count). The lowest BCUT2D eigenvalue weighted by molar-refractivity contribution is 0.0437. The average Bonchev–Trinajstić information content (AvgIpc) is 3.84. The number of cyclic esters (lactones) is 2. The van der Waals surface area contributed by atoms with Crippen LogP contribution in [0, 0.1) is 0 Å². The van der Waals surface area contributed by atoms with Crippen molar-refractivity contribution in [3.05, 3.63) is 125 Å². The molecule has 0 radical (unpaired) electrons. The van der Waals surface area contributed by atoms with Crippen molar-refractivity contribution in [1.29, 1.82) is 0 Å². The Morgan fingerprint density at radius 1 is 0.667 bits per heavy atom. The lowest BCUT2D eigenvalue weighted by atomic mass is 10.1. The molecular weight excluding hydrogens is 586 g/mol. The number of hydrogen-bond donors (Lipinski definition) is 4. The maximum absolute atomic E-state index is 11.5. The molecular formula is C31H29N5O9. The fourth-order valence-electron chi connectivity index (χ4n) is 4.14. The molecule has 0 unspecified atom stereocenters. The van der Waals surface area contributed by atoms with Crippen molar-refractivity contribution >= 4 is 35.6 Å². The summed E-state index contributed by atoms with van der Waals surface area (Å²) < 4.78 is 4.35. The van der Waals surface area contributed by atoms with Crippen molar-refractivity contribution in [2.45, 2.75) is 6.92 Å². The van der Waals surface area contributed by atoms with Gasteiger partial charge in [0.25, 0.3) is 23.6 Å². The number of carbonyl (C=O) groups is 6. The second-order valence-corrected chi connectivity index (χ2v) is 8.79. The van der Waals surface area contributed by atoms with E-state index in [9.17, 15) is 28.8 Å². The van der Waals surface area contributed by atoms with Crippen molar-refractivity contribution in [3.8, 4) is 0 Å². The maximum Gasteiger partial charge on any atom is 0.346 e. The number of nitrogens with two attached hydrogens (primary N) is 1. The SMILES string of the molecule is CCN1C(=O)c2ccccc2C1=O.NCO.O=C1OC(=O)c2ccccc21.O=C1c2ccccc2C(=O)N1CO.c1c[nH]cn1. The minimum atomic E-state index is -0.563. The molecule has 232 valence electrons. The number of nitrogens with zero attached hydrogens (tertiary/aromatic N) is 3. The van der Waals surface area contributed by atoms with E-state index in [0.29, 0.717) is 39.9 Å². The number of imide groups is 2. The van der Waals surface area contributed by atoms with Gasteiger partial charge in [0, 0.05) is 18.9 Å². The summed E-state index contributed by atoms with van der Waals surface area (Å²) in [5.41, 5.74) is 6.89. The molecule has 3 aliphatic rings. The molecule has 45 heavy (non-hydrogen) atoms. The Hall–Kier alpha value is -5.83. The number of aliphatic hydroxyl groups excluding tert-OH is 2. The molecule has 4 heterocycles. The Labute approximate surface area is 256 Å². The van der Waals surface area contributed by atoms with Crippen LogP contribution in [-0.2, 0) is 4.74 Å². The van der Waals surface area contributed by atoms with Gasteiger partial charge in [-0.25, -0.2) is 14.6 Å². The smallest absolute Gasteiger partial charge is 0.346 e. The Morgan fingerprint density at radius 2 is 1.02 bits per heavy atom. The fraction of sp³-hybridized carbons (Fsp3) is 0.129. The van der Waals surface area contributed by atoms with Crippen LogP contribution >= 0.6 is 0 Å². The summed E-state index contributed by atoms with van der Waals surface area (Å²) in [6, 6.07) is 20.0. The highest BCUT2D eigenvalue weighted by molar-refractivity contribution is 6.22. The summed E-state index contributed by atoms with van der Waals surface area (Å²) in [6.45, 7) is 1.42. The molecule has 0 atom stereocenters. The first-order valence-corrected chi connectivity index (χ1v) is 13.3. The van der Waals surface area contributed by atoms with E-state index < -0.39 is 30.5 Å². The molecule has 0 saturated heterocycles. The number of hydrogen-bond acceptors (Lipinski definition) is 11. The zero-order chi connectivity index (χ0) is 32.9. The van der Waals surface area contributed by atoms with Crippen molar-refractivity contribution in [2.75, 3.05) is 20.0 Å². The molecule has 14 heteroatoms. The number of aromatic amines is 1. The second-order valence-electron chi connectivity index (χ2n) is 8.79. The molecule has 0 bridgehead atoms. The van der Waals surface area contributed by atoms with Crippen LogP contribution in [-0.4, -0.2) is 85.6 Å². The number of benzene rings is 3. The maximum atomic E-state index is 11.5. The molecule has 0 saturated carbocycles. The first kappa shape index (κ1) is 33.7. The molecule has 0 aliphatic carbocycles. The van der Waals surface area contributed by atoms with Gasteiger partial charge in [-0.05, 0) is 43.3 Å². The zero-order valence-electron chi connectivity index (χ0n) is 24.0. The van der Waals surface area contributed by atoms with Gasteiger partial charge in [0.1, 0.15) is 6.73 Å². The third-order valence-corrected chi connectivity index (χ3v) is 6.17. The van der Waals surface area contributed by atoms with Crippen LogP contribution in [0.1, 0.15) is 69.1 Å². The van der Waals surface area contributed by atoms with Gasteiger partial charge in [-0.3, -0.25) is 29.0 Å². The third-order valence-electron chi connectivity index (χ3n) is 6.17. The normalized spacial score (nSPS) is 13.5. The number of imidazole rings is 1. The van der Waals surface area contributed by atoms with E-state index >= 15 is 0 Å². The second kappa shape index (κ2) is 16.1. The van der Waals surface area contributed by atoms with E-state index in [4.69, 9.17) is 10.2 Å². The highest BCUT2D eigenvalue weighted by atomic mass is 16.6. The first-order chi connectivity index (χ1) is 21.7. The third kappa shape index (κ3) is 7.77. The number of esters is 2. The number of ether oxygens (including phenoxy) is 1.